The van der Waals surface area contributed by atoms with Crippen LogP contribution in [0, 0.1) is 5.92 Å². The summed E-state index contributed by atoms with van der Waals surface area (Å²) in [6.45, 7) is 11.8. The van der Waals surface area contributed by atoms with E-state index in [2.05, 4.69) is 34.0 Å². The molecule has 0 bridgehead atoms. The van der Waals surface area contributed by atoms with E-state index >= 15 is 0 Å². The fraction of sp³-hybridized carbons (Fsp3) is 0.632. The molecule has 1 atom stereocenters. The maximum absolute atomic E-state index is 11.8. The number of carbonyl (C=O) groups excluding carboxylic acids is 1. The van der Waals surface area contributed by atoms with Crippen molar-refractivity contribution in [2.45, 2.75) is 53.0 Å². The van der Waals surface area contributed by atoms with Gasteiger partial charge in [0.1, 0.15) is 5.82 Å². The molecule has 5 heteroatoms. The molecule has 1 fully saturated rings. The van der Waals surface area contributed by atoms with Crippen molar-refractivity contribution in [3.05, 3.63) is 35.4 Å². The Kier molecular flexibility index (Phi) is 6.91. The van der Waals surface area contributed by atoms with E-state index in [4.69, 9.17) is 0 Å². The summed E-state index contributed by atoms with van der Waals surface area (Å²) >= 11 is 0. The third kappa shape index (κ3) is 6.04. The van der Waals surface area contributed by atoms with Gasteiger partial charge >= 0.3 is 0 Å². The maximum Gasteiger partial charge on any atom is 0.243 e. The largest absolute Gasteiger partial charge is 0.352 e. The van der Waals surface area contributed by atoms with Gasteiger partial charge in [0, 0.05) is 37.8 Å². The molecule has 0 unspecified atom stereocenters. The summed E-state index contributed by atoms with van der Waals surface area (Å²) in [4.78, 5) is 23.2. The summed E-state index contributed by atoms with van der Waals surface area (Å²) in [5.74, 6) is 1.79. The molecule has 1 N–H and O–H groups in total. The number of hydrogen-bond donors (Lipinski definition) is 1. The Labute approximate surface area is 145 Å². The van der Waals surface area contributed by atoms with Crippen molar-refractivity contribution in [2.75, 3.05) is 19.6 Å². The molecular weight excluding hydrogens is 300 g/mol. The van der Waals surface area contributed by atoms with Crippen LogP contribution in [0.25, 0.3) is 0 Å². The highest BCUT2D eigenvalue weighted by Crippen LogP contribution is 2.18. The smallest absolute Gasteiger partial charge is 0.243 e. The number of nitrogens with one attached hydrogen (secondary N) is 1. The van der Waals surface area contributed by atoms with Crippen LogP contribution in [-0.4, -0.2) is 40.4 Å². The first-order valence-corrected chi connectivity index (χ1v) is 8.91. The number of amides is 1. The monoisotopic (exact) mass is 330 g/mol. The van der Waals surface area contributed by atoms with Crippen molar-refractivity contribution in [1.82, 2.24) is 20.2 Å². The van der Waals surface area contributed by atoms with Gasteiger partial charge in [-0.2, -0.15) is 0 Å². The molecule has 0 aliphatic carbocycles. The molecular formula is C19H30N4O. The van der Waals surface area contributed by atoms with Crippen LogP contribution in [0.5, 0.6) is 0 Å². The number of aromatic nitrogens is 2. The Morgan fingerprint density at radius 1 is 1.46 bits per heavy atom. The van der Waals surface area contributed by atoms with Gasteiger partial charge in [-0.05, 0) is 45.2 Å². The van der Waals surface area contributed by atoms with E-state index in [0.29, 0.717) is 11.8 Å². The van der Waals surface area contributed by atoms with Crippen LogP contribution in [0.2, 0.25) is 0 Å². The summed E-state index contributed by atoms with van der Waals surface area (Å²) in [6.07, 6.45) is 5.87. The molecule has 1 saturated heterocycles. The molecule has 1 aliphatic rings. The molecule has 0 aromatic carbocycles. The van der Waals surface area contributed by atoms with Crippen LogP contribution in [0.1, 0.15) is 58.0 Å². The van der Waals surface area contributed by atoms with Gasteiger partial charge in [0.15, 0.2) is 0 Å². The SMILES string of the molecule is CC(C)=CC(=O)NC[C@@H]1CCCN(Cc2ccnc(C(C)C)n2)C1. The Balaban J connectivity index is 1.85. The fourth-order valence-electron chi connectivity index (χ4n) is 3.03. The molecule has 0 radical (unpaired) electrons. The number of carbonyl (C=O) groups is 1. The van der Waals surface area contributed by atoms with Crippen LogP contribution in [0.4, 0.5) is 0 Å². The molecule has 2 rings (SSSR count). The lowest BCUT2D eigenvalue weighted by molar-refractivity contribution is -0.116. The molecule has 1 aromatic rings. The molecule has 1 aromatic heterocycles. The molecule has 0 saturated carbocycles. The number of rotatable bonds is 6. The van der Waals surface area contributed by atoms with Crippen molar-refractivity contribution in [3.8, 4) is 0 Å². The van der Waals surface area contributed by atoms with Crippen LogP contribution < -0.4 is 5.32 Å². The van der Waals surface area contributed by atoms with E-state index in [1.165, 1.54) is 12.8 Å². The first kappa shape index (κ1) is 18.6. The fourth-order valence-corrected chi connectivity index (χ4v) is 3.03. The maximum atomic E-state index is 11.8. The lowest BCUT2D eigenvalue weighted by atomic mass is 9.98. The van der Waals surface area contributed by atoms with Gasteiger partial charge in [0.05, 0.1) is 5.69 Å². The Morgan fingerprint density at radius 3 is 2.96 bits per heavy atom. The van der Waals surface area contributed by atoms with E-state index in [9.17, 15) is 4.79 Å². The standard InChI is InChI=1S/C19H30N4O/c1-14(2)10-18(24)21-11-16-6-5-9-23(12-16)13-17-7-8-20-19(22-17)15(3)4/h7-8,10,15-16H,5-6,9,11-13H2,1-4H3,(H,21,24)/t16-/m0/s1. The van der Waals surface area contributed by atoms with Gasteiger partial charge in [-0.1, -0.05) is 19.4 Å². The Morgan fingerprint density at radius 2 is 2.25 bits per heavy atom. The van der Waals surface area contributed by atoms with Crippen LogP contribution in [0.3, 0.4) is 0 Å². The number of allylic oxidation sites excluding steroid dienone is 1. The van der Waals surface area contributed by atoms with Gasteiger partial charge in [-0.15, -0.1) is 0 Å². The van der Waals surface area contributed by atoms with Crippen molar-refractivity contribution in [2.24, 2.45) is 5.92 Å². The van der Waals surface area contributed by atoms with E-state index in [0.717, 1.165) is 43.3 Å². The van der Waals surface area contributed by atoms with Crippen LogP contribution >= 0.6 is 0 Å². The van der Waals surface area contributed by atoms with Crippen molar-refractivity contribution in [3.63, 3.8) is 0 Å². The second-order valence-electron chi connectivity index (χ2n) is 7.27. The van der Waals surface area contributed by atoms with E-state index < -0.39 is 0 Å². The lowest BCUT2D eigenvalue weighted by Gasteiger charge is -2.32. The van der Waals surface area contributed by atoms with E-state index in [1.54, 1.807) is 6.08 Å². The van der Waals surface area contributed by atoms with Crippen LogP contribution in [-0.2, 0) is 11.3 Å². The number of nitrogens with zero attached hydrogens (tertiary/aromatic N) is 3. The van der Waals surface area contributed by atoms with Gasteiger partial charge < -0.3 is 5.32 Å². The summed E-state index contributed by atoms with van der Waals surface area (Å²) in [6, 6.07) is 2.01. The van der Waals surface area contributed by atoms with Crippen LogP contribution in [0.15, 0.2) is 23.9 Å². The first-order valence-electron chi connectivity index (χ1n) is 8.91. The molecule has 1 amide bonds. The van der Waals surface area contributed by atoms with Crippen molar-refractivity contribution in [1.29, 1.82) is 0 Å². The average Bonchev–Trinajstić information content (AvgIpc) is 2.53. The predicted molar refractivity (Wildman–Crippen MR) is 96.6 cm³/mol. The zero-order chi connectivity index (χ0) is 17.5. The Hall–Kier alpha value is -1.75. The molecule has 24 heavy (non-hydrogen) atoms. The minimum absolute atomic E-state index is 0.0181. The van der Waals surface area contributed by atoms with Gasteiger partial charge in [0.25, 0.3) is 0 Å². The van der Waals surface area contributed by atoms with E-state index in [1.807, 2.05) is 26.1 Å². The highest BCUT2D eigenvalue weighted by Gasteiger charge is 2.20. The molecule has 5 nitrogen and oxygen atoms in total. The topological polar surface area (TPSA) is 58.1 Å². The highest BCUT2D eigenvalue weighted by molar-refractivity contribution is 5.87. The second kappa shape index (κ2) is 8.92. The molecule has 2 heterocycles. The molecule has 132 valence electrons. The lowest BCUT2D eigenvalue weighted by Crippen LogP contribution is -2.40. The summed E-state index contributed by atoms with van der Waals surface area (Å²) < 4.78 is 0. The number of piperidine rings is 1. The minimum Gasteiger partial charge on any atom is -0.352 e. The van der Waals surface area contributed by atoms with E-state index in [-0.39, 0.29) is 5.91 Å². The first-order chi connectivity index (χ1) is 11.4. The Bertz CT molecular complexity index is 578. The zero-order valence-corrected chi connectivity index (χ0v) is 15.4. The molecule has 0 spiro atoms. The third-order valence-electron chi connectivity index (χ3n) is 4.22. The quantitative estimate of drug-likeness (QED) is 0.815. The van der Waals surface area contributed by atoms with Gasteiger partial charge in [-0.25, -0.2) is 9.97 Å². The summed E-state index contributed by atoms with van der Waals surface area (Å²) in [7, 11) is 0. The summed E-state index contributed by atoms with van der Waals surface area (Å²) in [5, 5.41) is 3.02. The normalized spacial score (nSPS) is 18.5. The van der Waals surface area contributed by atoms with Gasteiger partial charge in [0.2, 0.25) is 5.91 Å². The average molecular weight is 330 g/mol. The van der Waals surface area contributed by atoms with Crippen molar-refractivity contribution < 1.29 is 4.79 Å². The third-order valence-corrected chi connectivity index (χ3v) is 4.22. The second-order valence-corrected chi connectivity index (χ2v) is 7.27. The van der Waals surface area contributed by atoms with Crippen molar-refractivity contribution >= 4 is 5.91 Å². The predicted octanol–water partition coefficient (Wildman–Crippen LogP) is 2.89. The summed E-state index contributed by atoms with van der Waals surface area (Å²) in [5.41, 5.74) is 2.12. The minimum atomic E-state index is 0.0181. The number of likely N-dealkylation sites (tertiary alicyclic amines) is 1. The highest BCUT2D eigenvalue weighted by atomic mass is 16.1. The van der Waals surface area contributed by atoms with Gasteiger partial charge in [-0.3, -0.25) is 9.69 Å². The molecule has 1 aliphatic heterocycles. The number of hydrogen-bond acceptors (Lipinski definition) is 4. The zero-order valence-electron chi connectivity index (χ0n) is 15.4.